The lowest BCUT2D eigenvalue weighted by Crippen LogP contribution is -2.01. The highest BCUT2D eigenvalue weighted by Gasteiger charge is 2.19. The maximum absolute atomic E-state index is 12.1. The zero-order chi connectivity index (χ0) is 25.4. The third-order valence-corrected chi connectivity index (χ3v) is 7.39. The average molecular weight is 518 g/mol. The van der Waals surface area contributed by atoms with Gasteiger partial charge in [-0.05, 0) is 66.9 Å². The van der Waals surface area contributed by atoms with E-state index in [0.717, 1.165) is 45.2 Å². The molecule has 6 nitrogen and oxygen atoms in total. The van der Waals surface area contributed by atoms with Gasteiger partial charge in [0.2, 0.25) is 0 Å². The van der Waals surface area contributed by atoms with E-state index in [1.54, 1.807) is 18.2 Å². The second-order valence-electron chi connectivity index (χ2n) is 8.76. The zero-order valence-corrected chi connectivity index (χ0v) is 21.6. The minimum atomic E-state index is -3.34. The van der Waals surface area contributed by atoms with E-state index < -0.39 is 9.84 Å². The summed E-state index contributed by atoms with van der Waals surface area (Å²) < 4.78 is 32.3. The van der Waals surface area contributed by atoms with E-state index in [2.05, 4.69) is 9.97 Å². The molecule has 3 aromatic carbocycles. The van der Waals surface area contributed by atoms with Gasteiger partial charge in [-0.15, -0.1) is 0 Å². The minimum Gasteiger partial charge on any atom is -0.443 e. The second kappa shape index (κ2) is 9.41. The Labute approximate surface area is 215 Å². The van der Waals surface area contributed by atoms with Crippen molar-refractivity contribution in [2.24, 2.45) is 0 Å². The van der Waals surface area contributed by atoms with Crippen LogP contribution >= 0.6 is 11.6 Å². The molecule has 0 unspecified atom stereocenters. The largest absolute Gasteiger partial charge is 0.443 e. The van der Waals surface area contributed by atoms with Gasteiger partial charge < -0.3 is 8.98 Å². The van der Waals surface area contributed by atoms with Crippen LogP contribution in [0, 0.1) is 13.8 Å². The van der Waals surface area contributed by atoms with E-state index in [0.29, 0.717) is 17.2 Å². The van der Waals surface area contributed by atoms with Crippen LogP contribution in [0.1, 0.15) is 22.8 Å². The van der Waals surface area contributed by atoms with Crippen LogP contribution in [0.4, 0.5) is 0 Å². The van der Waals surface area contributed by atoms with E-state index in [-0.39, 0.29) is 4.90 Å². The number of hydrogen-bond donors (Lipinski definition) is 0. The first-order chi connectivity index (χ1) is 17.2. The molecule has 0 N–H and O–H groups in total. The summed E-state index contributed by atoms with van der Waals surface area (Å²) in [6.07, 6.45) is 5.21. The van der Waals surface area contributed by atoms with E-state index in [1.807, 2.05) is 73.1 Å². The van der Waals surface area contributed by atoms with E-state index in [4.69, 9.17) is 16.0 Å². The molecule has 0 spiro atoms. The fourth-order valence-electron chi connectivity index (χ4n) is 4.29. The smallest absolute Gasteiger partial charge is 0.181 e. The molecule has 0 aliphatic carbocycles. The SMILES string of the molecule is Cc1cn(-c2ccc(-c3cccc(S(C)(=O)=O)c3)cc2-c2ocnc2Cc2ccc(Cl)cc2)c(C)n1. The van der Waals surface area contributed by atoms with Crippen molar-refractivity contribution in [3.8, 4) is 28.1 Å². The number of rotatable bonds is 6. The minimum absolute atomic E-state index is 0.273. The van der Waals surface area contributed by atoms with Crippen molar-refractivity contribution in [1.29, 1.82) is 0 Å². The van der Waals surface area contributed by atoms with Gasteiger partial charge in [0, 0.05) is 29.5 Å². The molecule has 0 bridgehead atoms. The molecule has 0 saturated carbocycles. The molecule has 0 aliphatic rings. The van der Waals surface area contributed by atoms with E-state index >= 15 is 0 Å². The quantitative estimate of drug-likeness (QED) is 0.258. The highest BCUT2D eigenvalue weighted by atomic mass is 35.5. The van der Waals surface area contributed by atoms with Crippen molar-refractivity contribution in [1.82, 2.24) is 14.5 Å². The fraction of sp³-hybridized carbons (Fsp3) is 0.143. The number of aromatic nitrogens is 3. The van der Waals surface area contributed by atoms with Gasteiger partial charge in [-0.3, -0.25) is 0 Å². The van der Waals surface area contributed by atoms with Crippen LogP contribution in [0.25, 0.3) is 28.1 Å². The molecule has 2 aromatic heterocycles. The number of hydrogen-bond acceptors (Lipinski definition) is 5. The van der Waals surface area contributed by atoms with E-state index in [9.17, 15) is 8.42 Å². The maximum atomic E-state index is 12.1. The van der Waals surface area contributed by atoms with Crippen molar-refractivity contribution in [3.63, 3.8) is 0 Å². The first-order valence-corrected chi connectivity index (χ1v) is 13.6. The molecule has 0 radical (unpaired) electrons. The lowest BCUT2D eigenvalue weighted by Gasteiger charge is -2.14. The van der Waals surface area contributed by atoms with Crippen LogP contribution in [-0.2, 0) is 16.3 Å². The van der Waals surface area contributed by atoms with Crippen LogP contribution in [0.3, 0.4) is 0 Å². The highest BCUT2D eigenvalue weighted by Crippen LogP contribution is 2.35. The van der Waals surface area contributed by atoms with Crippen molar-refractivity contribution < 1.29 is 12.8 Å². The van der Waals surface area contributed by atoms with Gasteiger partial charge in [0.25, 0.3) is 0 Å². The molecule has 0 aliphatic heterocycles. The van der Waals surface area contributed by atoms with Gasteiger partial charge in [-0.1, -0.05) is 41.9 Å². The standard InChI is InChI=1S/C28H24ClN3O3S/c1-18-16-32(19(2)31-18)27-12-9-22(21-5-4-6-24(14-21)36(3,33)34)15-25(27)28-26(30-17-35-28)13-20-7-10-23(29)11-8-20/h4-12,14-17H,13H2,1-3H3. The molecule has 36 heavy (non-hydrogen) atoms. The Balaban J connectivity index is 1.67. The first-order valence-electron chi connectivity index (χ1n) is 11.3. The second-order valence-corrected chi connectivity index (χ2v) is 11.2. The highest BCUT2D eigenvalue weighted by molar-refractivity contribution is 7.90. The Kier molecular flexibility index (Phi) is 6.28. The topological polar surface area (TPSA) is 78.0 Å². The summed E-state index contributed by atoms with van der Waals surface area (Å²) in [7, 11) is -3.34. The Morgan fingerprint density at radius 1 is 0.972 bits per heavy atom. The molecule has 0 saturated heterocycles. The number of nitrogens with zero attached hydrogens (tertiary/aromatic N) is 3. The van der Waals surface area contributed by atoms with Crippen molar-refractivity contribution in [2.45, 2.75) is 25.2 Å². The normalized spacial score (nSPS) is 11.7. The van der Waals surface area contributed by atoms with Gasteiger partial charge in [-0.25, -0.2) is 18.4 Å². The number of imidazole rings is 1. The maximum Gasteiger partial charge on any atom is 0.181 e. The average Bonchev–Trinajstić information content (AvgIpc) is 3.45. The summed E-state index contributed by atoms with van der Waals surface area (Å²) in [6.45, 7) is 3.91. The predicted molar refractivity (Wildman–Crippen MR) is 141 cm³/mol. The van der Waals surface area contributed by atoms with Crippen molar-refractivity contribution in [3.05, 3.63) is 107 Å². The van der Waals surface area contributed by atoms with Gasteiger partial charge in [0.05, 0.1) is 22.0 Å². The third kappa shape index (κ3) is 4.85. The molecule has 5 aromatic rings. The molecule has 2 heterocycles. The van der Waals surface area contributed by atoms with Gasteiger partial charge in [-0.2, -0.15) is 0 Å². The lowest BCUT2D eigenvalue weighted by atomic mass is 9.98. The summed E-state index contributed by atoms with van der Waals surface area (Å²) in [5, 5.41) is 0.677. The molecular formula is C28H24ClN3O3S. The van der Waals surface area contributed by atoms with Crippen LogP contribution in [0.15, 0.2) is 88.6 Å². The Hall–Kier alpha value is -3.68. The molecule has 8 heteroatoms. The van der Waals surface area contributed by atoms with Gasteiger partial charge in [0.15, 0.2) is 22.0 Å². The van der Waals surface area contributed by atoms with Crippen LogP contribution in [-0.4, -0.2) is 29.2 Å². The summed E-state index contributed by atoms with van der Waals surface area (Å²) in [6, 6.07) is 20.6. The summed E-state index contributed by atoms with van der Waals surface area (Å²) in [5.41, 5.74) is 6.13. The molecule has 0 amide bonds. The Bertz CT molecular complexity index is 1670. The predicted octanol–water partition coefficient (Wildman–Crippen LogP) is 6.46. The number of halogens is 1. The third-order valence-electron chi connectivity index (χ3n) is 6.02. The Morgan fingerprint density at radius 3 is 2.42 bits per heavy atom. The number of sulfone groups is 1. The molecule has 5 rings (SSSR count). The molecule has 0 atom stereocenters. The van der Waals surface area contributed by atoms with Crippen LogP contribution in [0.2, 0.25) is 5.02 Å². The van der Waals surface area contributed by atoms with Crippen molar-refractivity contribution in [2.75, 3.05) is 6.26 Å². The number of aryl methyl sites for hydroxylation is 2. The molecule has 0 fully saturated rings. The number of benzene rings is 3. The van der Waals surface area contributed by atoms with Gasteiger partial charge in [0.1, 0.15) is 5.82 Å². The van der Waals surface area contributed by atoms with Crippen molar-refractivity contribution >= 4 is 21.4 Å². The number of oxazole rings is 1. The fourth-order valence-corrected chi connectivity index (χ4v) is 5.08. The van der Waals surface area contributed by atoms with Crippen LogP contribution in [0.5, 0.6) is 0 Å². The molecule has 182 valence electrons. The van der Waals surface area contributed by atoms with E-state index in [1.165, 1.54) is 12.6 Å². The first kappa shape index (κ1) is 24.0. The molecular weight excluding hydrogens is 494 g/mol. The summed E-state index contributed by atoms with van der Waals surface area (Å²) in [4.78, 5) is 9.36. The lowest BCUT2D eigenvalue weighted by molar-refractivity contribution is 0.570. The van der Waals surface area contributed by atoms with Gasteiger partial charge >= 0.3 is 0 Å². The Morgan fingerprint density at radius 2 is 1.72 bits per heavy atom. The monoisotopic (exact) mass is 517 g/mol. The zero-order valence-electron chi connectivity index (χ0n) is 20.1. The summed E-state index contributed by atoms with van der Waals surface area (Å²) >= 11 is 6.06. The van der Waals surface area contributed by atoms with Crippen LogP contribution < -0.4 is 0 Å². The summed E-state index contributed by atoms with van der Waals surface area (Å²) in [5.74, 6) is 1.49.